The van der Waals surface area contributed by atoms with Crippen molar-refractivity contribution in [1.82, 2.24) is 14.7 Å². The van der Waals surface area contributed by atoms with Gasteiger partial charge in [0.2, 0.25) is 35.4 Å². The highest BCUT2D eigenvalue weighted by molar-refractivity contribution is 6.03. The molecule has 0 spiro atoms. The summed E-state index contributed by atoms with van der Waals surface area (Å²) in [7, 11) is 4.59. The van der Waals surface area contributed by atoms with E-state index in [1.807, 2.05) is 102 Å². The number of nitrogens with one attached hydrogen (secondary N) is 7. The third-order valence-electron chi connectivity index (χ3n) is 18.6. The molecular formula is C74H80N12O11. The third kappa shape index (κ3) is 15.5. The number of benzene rings is 6. The van der Waals surface area contributed by atoms with Gasteiger partial charge in [0.25, 0.3) is 5.91 Å². The largest absolute Gasteiger partial charge is 0.465 e. The molecule has 0 atom stereocenters. The monoisotopic (exact) mass is 1310 g/mol. The van der Waals surface area contributed by atoms with Crippen LogP contribution < -0.4 is 47.0 Å². The Hall–Kier alpha value is -11.2. The molecule has 7 N–H and O–H groups in total. The second-order valence-corrected chi connectivity index (χ2v) is 25.1. The number of ether oxygens (including phenoxy) is 2. The molecule has 23 heteroatoms. The molecule has 0 radical (unpaired) electrons. The van der Waals surface area contributed by atoms with E-state index in [0.29, 0.717) is 81.5 Å². The van der Waals surface area contributed by atoms with E-state index in [1.165, 1.54) is 14.2 Å². The van der Waals surface area contributed by atoms with E-state index in [9.17, 15) is 43.2 Å². The normalized spacial score (nSPS) is 15.9. The molecule has 0 aliphatic carbocycles. The Morgan fingerprint density at radius 1 is 0.536 bits per heavy atom. The van der Waals surface area contributed by atoms with E-state index in [4.69, 9.17) is 9.47 Å². The molecule has 14 rings (SSSR count). The molecule has 8 heterocycles. The molecule has 0 unspecified atom stereocenters. The Bertz CT molecular complexity index is 4220. The molecule has 6 aromatic rings. The Morgan fingerprint density at radius 2 is 1.07 bits per heavy atom. The molecular weight excluding hydrogens is 1230 g/mol. The maximum Gasteiger partial charge on any atom is 0.338 e. The number of hydrogen-bond donors (Lipinski definition) is 7. The Kier molecular flexibility index (Phi) is 20.2. The highest BCUT2D eigenvalue weighted by Gasteiger charge is 2.32. The minimum Gasteiger partial charge on any atom is -0.465 e. The summed E-state index contributed by atoms with van der Waals surface area (Å²) in [6.07, 6.45) is 6.20. The average Bonchev–Trinajstić information content (AvgIpc) is 1.69. The summed E-state index contributed by atoms with van der Waals surface area (Å²) in [5.41, 5.74) is 16.5. The standard InChI is InChI=1S/2C20H19N3O3.C18H23N3O2.C16H19N3O3/c1-12-21-16-5-3-13(9-17(16)22-12)10-19(24)23-8-7-14-11-15(20(25)26-2)4-6-18(14)23;1-12-21-16-7-6-13(10-17(16)22-12)11-19(24)23-9-8-14-15(20(25)26-2)4-3-5-18(14)23;1-12-10-15-11-14(4-5-17(15)19-12)18(23)20(3)16-6-8-21(9-7-16)13(2)22;1-10(20)19-6-4-11(5-7-19)16(22)17-13-2-3-14-12(8-13)9-15(21)18-14/h3-6,9,11,21-22H,1,7-8,10H2,2H3;3-7,10,21-22H,1,8-9,11H2,2H3;4-5,11,16,19H,1,6-10H2,2-3H3;2-3,8,11H,4-7,9H2,1H3,(H,17,22)(H,18,21). The Balaban J connectivity index is 0.000000131. The van der Waals surface area contributed by atoms with Crippen molar-refractivity contribution in [3.63, 3.8) is 0 Å². The fourth-order valence-electron chi connectivity index (χ4n) is 13.4. The fraction of sp³-hybridized carbons (Fsp3) is 0.311. The summed E-state index contributed by atoms with van der Waals surface area (Å²) in [6.45, 7) is 18.7. The van der Waals surface area contributed by atoms with Crippen LogP contribution in [0.1, 0.15) is 104 Å². The van der Waals surface area contributed by atoms with Gasteiger partial charge in [-0.1, -0.05) is 37.9 Å². The van der Waals surface area contributed by atoms with E-state index in [1.54, 1.807) is 52.8 Å². The van der Waals surface area contributed by atoms with Gasteiger partial charge in [0.15, 0.2) is 0 Å². The zero-order valence-electron chi connectivity index (χ0n) is 55.2. The van der Waals surface area contributed by atoms with Crippen LogP contribution in [0.15, 0.2) is 146 Å². The maximum atomic E-state index is 12.8. The van der Waals surface area contributed by atoms with E-state index < -0.39 is 0 Å². The van der Waals surface area contributed by atoms with Crippen LogP contribution in [0.5, 0.6) is 0 Å². The summed E-state index contributed by atoms with van der Waals surface area (Å²) in [4.78, 5) is 117. The first-order valence-corrected chi connectivity index (χ1v) is 32.4. The fourth-order valence-corrected chi connectivity index (χ4v) is 13.4. The number of methoxy groups -OCH3 is 2. The molecule has 97 heavy (non-hydrogen) atoms. The Labute approximate surface area is 563 Å². The molecule has 0 bridgehead atoms. The number of likely N-dealkylation sites (tertiary alicyclic amines) is 2. The lowest BCUT2D eigenvalue weighted by molar-refractivity contribution is -0.132. The Morgan fingerprint density at radius 3 is 1.69 bits per heavy atom. The van der Waals surface area contributed by atoms with Gasteiger partial charge in [0.1, 0.15) is 11.6 Å². The SMILES string of the molecule is C=C1Cc2cc(C(=O)N(C)C3CCN(C(C)=O)CC3)ccc2N1.C=C1Nc2ccc(CC(=O)N3CCc4c(C(=O)OC)cccc43)cc2N1.C=C1Nc2ccc(CC(=O)N3CCc4cc(C(=O)OC)ccc43)cc2N1.CC(=O)N1CCC(C(=O)Nc2ccc3c(c2)CC(=O)N3)CC1. The summed E-state index contributed by atoms with van der Waals surface area (Å²) >= 11 is 0. The van der Waals surface area contributed by atoms with Crippen molar-refractivity contribution < 1.29 is 52.6 Å². The first-order valence-electron chi connectivity index (χ1n) is 32.4. The van der Waals surface area contributed by atoms with Crippen molar-refractivity contribution in [1.29, 1.82) is 0 Å². The van der Waals surface area contributed by atoms with Crippen molar-refractivity contribution in [2.24, 2.45) is 5.92 Å². The van der Waals surface area contributed by atoms with Crippen LogP contribution in [0.3, 0.4) is 0 Å². The van der Waals surface area contributed by atoms with Crippen molar-refractivity contribution in [3.8, 4) is 0 Å². The number of carbonyl (C=O) groups excluding carboxylic acids is 9. The van der Waals surface area contributed by atoms with Gasteiger partial charge in [-0.2, -0.15) is 0 Å². The lowest BCUT2D eigenvalue weighted by Crippen LogP contribution is -2.46. The van der Waals surface area contributed by atoms with Crippen LogP contribution in [0, 0.1) is 5.92 Å². The summed E-state index contributed by atoms with van der Waals surface area (Å²) in [6, 6.07) is 33.9. The van der Waals surface area contributed by atoms with Gasteiger partial charge >= 0.3 is 11.9 Å². The van der Waals surface area contributed by atoms with Gasteiger partial charge in [0, 0.05) is 118 Å². The average molecular weight is 1310 g/mol. The van der Waals surface area contributed by atoms with Crippen molar-refractivity contribution >= 4 is 104 Å². The lowest BCUT2D eigenvalue weighted by atomic mass is 9.95. The smallest absolute Gasteiger partial charge is 0.338 e. The number of nitrogens with zero attached hydrogens (tertiary/aromatic N) is 5. The van der Waals surface area contributed by atoms with E-state index in [0.717, 1.165) is 141 Å². The summed E-state index contributed by atoms with van der Waals surface area (Å²) in [5.74, 6) is 0.913. The predicted octanol–water partition coefficient (Wildman–Crippen LogP) is 9.46. The number of rotatable bonds is 10. The number of esters is 2. The summed E-state index contributed by atoms with van der Waals surface area (Å²) in [5, 5.41) is 21.4. The summed E-state index contributed by atoms with van der Waals surface area (Å²) < 4.78 is 9.60. The second-order valence-electron chi connectivity index (χ2n) is 25.1. The molecule has 8 aliphatic heterocycles. The molecule has 0 aromatic heterocycles. The van der Waals surface area contributed by atoms with Gasteiger partial charge in [-0.3, -0.25) is 33.6 Å². The zero-order chi connectivity index (χ0) is 68.8. The number of amides is 7. The van der Waals surface area contributed by atoms with E-state index >= 15 is 0 Å². The van der Waals surface area contributed by atoms with Crippen LogP contribution in [0.25, 0.3) is 0 Å². The van der Waals surface area contributed by atoms with Crippen LogP contribution in [0.2, 0.25) is 0 Å². The molecule has 2 saturated heterocycles. The highest BCUT2D eigenvalue weighted by atomic mass is 16.5. The highest BCUT2D eigenvalue weighted by Crippen LogP contribution is 2.37. The molecule has 502 valence electrons. The minimum absolute atomic E-state index is 0.00972. The van der Waals surface area contributed by atoms with Crippen LogP contribution in [0.4, 0.5) is 51.2 Å². The topological polar surface area (TPSA) is 272 Å². The van der Waals surface area contributed by atoms with E-state index in [2.05, 4.69) is 57.0 Å². The quantitative estimate of drug-likeness (QED) is 0.0629. The van der Waals surface area contributed by atoms with Crippen LogP contribution in [-0.4, -0.2) is 135 Å². The van der Waals surface area contributed by atoms with Crippen LogP contribution in [-0.2, 0) is 76.8 Å². The third-order valence-corrected chi connectivity index (χ3v) is 18.6. The van der Waals surface area contributed by atoms with E-state index in [-0.39, 0.29) is 65.2 Å². The molecule has 23 nitrogen and oxygen atoms in total. The number of anilines is 9. The van der Waals surface area contributed by atoms with Gasteiger partial charge in [-0.05, 0) is 163 Å². The van der Waals surface area contributed by atoms with Crippen LogP contribution >= 0.6 is 0 Å². The van der Waals surface area contributed by atoms with Gasteiger partial charge < -0.3 is 71.2 Å². The predicted molar refractivity (Wildman–Crippen MR) is 373 cm³/mol. The molecule has 0 saturated carbocycles. The van der Waals surface area contributed by atoms with Crippen molar-refractivity contribution in [2.75, 3.05) is 108 Å². The number of allylic oxidation sites excluding steroid dienone is 1. The van der Waals surface area contributed by atoms with Crippen molar-refractivity contribution in [2.45, 2.75) is 84.1 Å². The number of piperidine rings is 2. The van der Waals surface area contributed by atoms with Gasteiger partial charge in [-0.15, -0.1) is 0 Å². The zero-order valence-corrected chi connectivity index (χ0v) is 55.2. The maximum absolute atomic E-state index is 12.8. The minimum atomic E-state index is -0.367. The van der Waals surface area contributed by atoms with Gasteiger partial charge in [-0.25, -0.2) is 9.59 Å². The molecule has 6 aromatic carbocycles. The van der Waals surface area contributed by atoms with Gasteiger partial charge in [0.05, 0.1) is 67.4 Å². The number of carbonyl (C=O) groups is 9. The second kappa shape index (κ2) is 29.2. The van der Waals surface area contributed by atoms with Crippen molar-refractivity contribution in [3.05, 3.63) is 196 Å². The molecule has 8 aliphatic rings. The molecule has 7 amide bonds. The molecule has 2 fully saturated rings. The number of fused-ring (bicyclic) bond motifs is 6. The first kappa shape index (κ1) is 67.2. The number of hydrogen-bond acceptors (Lipinski definition) is 16. The lowest BCUT2D eigenvalue weighted by Gasteiger charge is -2.36. The first-order chi connectivity index (χ1) is 46.6.